The highest BCUT2D eigenvalue weighted by Gasteiger charge is 2.37. The molecule has 0 unspecified atom stereocenters. The van der Waals surface area contributed by atoms with Crippen LogP contribution in [0.15, 0.2) is 36.7 Å². The van der Waals surface area contributed by atoms with Crippen LogP contribution in [-0.2, 0) is 18.4 Å². The molecule has 0 radical (unpaired) electrons. The predicted molar refractivity (Wildman–Crippen MR) is 128 cm³/mol. The Balaban J connectivity index is 1.59. The molecule has 3 aromatic heterocycles. The molecular weight excluding hydrogens is 450 g/mol. The largest absolute Gasteiger partial charge is 0.338 e. The molecule has 0 N–H and O–H groups in total. The topological polar surface area (TPSA) is 68.8 Å². The van der Waals surface area contributed by atoms with Crippen molar-refractivity contribution in [1.29, 1.82) is 0 Å². The van der Waals surface area contributed by atoms with Crippen LogP contribution in [0.3, 0.4) is 0 Å². The normalized spacial score (nSPS) is 18.4. The van der Waals surface area contributed by atoms with Gasteiger partial charge in [-0.15, -0.1) is 0 Å². The van der Waals surface area contributed by atoms with Crippen molar-refractivity contribution < 1.29 is 13.6 Å². The predicted octanol–water partition coefficient (Wildman–Crippen LogP) is 5.24. The minimum Gasteiger partial charge on any atom is -0.338 e. The molecule has 4 aromatic rings. The van der Waals surface area contributed by atoms with E-state index in [1.807, 2.05) is 25.1 Å². The summed E-state index contributed by atoms with van der Waals surface area (Å²) in [7, 11) is 3.54. The molecule has 0 bridgehead atoms. The Morgan fingerprint density at radius 3 is 2.57 bits per heavy atom. The number of fused-ring (bicyclic) bond motifs is 2. The summed E-state index contributed by atoms with van der Waals surface area (Å²) in [6.45, 7) is 2.34. The molecular formula is C26H26F2N6O. The number of amides is 1. The number of benzene rings is 1. The lowest BCUT2D eigenvalue weighted by molar-refractivity contribution is -0.135. The molecule has 1 amide bonds. The van der Waals surface area contributed by atoms with Gasteiger partial charge < -0.3 is 9.47 Å². The summed E-state index contributed by atoms with van der Waals surface area (Å²) in [4.78, 5) is 24.2. The number of likely N-dealkylation sites (N-methyl/N-ethyl adjacent to an activating group) is 1. The third kappa shape index (κ3) is 3.36. The van der Waals surface area contributed by atoms with E-state index >= 15 is 0 Å². The first-order chi connectivity index (χ1) is 16.8. The highest BCUT2D eigenvalue weighted by atomic mass is 19.3. The maximum atomic E-state index is 14.2. The number of rotatable bonds is 4. The number of carbonyl (C=O) groups excluding carboxylic acids is 1. The highest BCUT2D eigenvalue weighted by molar-refractivity contribution is 5.96. The lowest BCUT2D eigenvalue weighted by Crippen LogP contribution is -2.40. The maximum Gasteiger partial charge on any atom is 0.265 e. The summed E-state index contributed by atoms with van der Waals surface area (Å²) >= 11 is 0. The number of hydrogen-bond acceptors (Lipinski definition) is 4. The minimum atomic E-state index is -2.69. The molecule has 7 nitrogen and oxygen atoms in total. The Bertz CT molecular complexity index is 1470. The number of imidazole rings is 1. The van der Waals surface area contributed by atoms with Crippen molar-refractivity contribution in [2.75, 3.05) is 7.05 Å². The van der Waals surface area contributed by atoms with E-state index in [0.717, 1.165) is 42.0 Å². The fourth-order valence-corrected chi connectivity index (χ4v) is 5.33. The van der Waals surface area contributed by atoms with Crippen LogP contribution in [0, 0.1) is 0 Å². The zero-order valence-electron chi connectivity index (χ0n) is 19.9. The van der Waals surface area contributed by atoms with Crippen LogP contribution in [0.1, 0.15) is 61.7 Å². The van der Waals surface area contributed by atoms with E-state index in [9.17, 15) is 13.6 Å². The molecule has 1 aliphatic carbocycles. The molecule has 9 heteroatoms. The van der Waals surface area contributed by atoms with Crippen LogP contribution >= 0.6 is 0 Å². The minimum absolute atomic E-state index is 0.0581. The number of halogens is 2. The zero-order chi connectivity index (χ0) is 24.4. The summed E-state index contributed by atoms with van der Waals surface area (Å²) in [5.74, 6) is 1.31. The van der Waals surface area contributed by atoms with E-state index < -0.39 is 6.43 Å². The van der Waals surface area contributed by atoms with E-state index in [1.54, 1.807) is 42.1 Å². The Hall–Kier alpha value is -3.62. The maximum absolute atomic E-state index is 14.2. The van der Waals surface area contributed by atoms with Crippen LogP contribution in [0.25, 0.3) is 33.4 Å². The average molecular weight is 477 g/mol. The molecule has 2 aliphatic rings. The monoisotopic (exact) mass is 476 g/mol. The summed E-state index contributed by atoms with van der Waals surface area (Å²) in [5.41, 5.74) is 3.73. The van der Waals surface area contributed by atoms with Gasteiger partial charge in [-0.05, 0) is 31.9 Å². The van der Waals surface area contributed by atoms with Crippen molar-refractivity contribution in [3.63, 3.8) is 0 Å². The Kier molecular flexibility index (Phi) is 4.98. The van der Waals surface area contributed by atoms with Crippen LogP contribution in [0.2, 0.25) is 0 Å². The van der Waals surface area contributed by atoms with Crippen molar-refractivity contribution in [2.24, 2.45) is 7.05 Å². The van der Waals surface area contributed by atoms with Gasteiger partial charge in [-0.3, -0.25) is 9.48 Å². The molecule has 0 saturated heterocycles. The molecule has 35 heavy (non-hydrogen) atoms. The van der Waals surface area contributed by atoms with E-state index in [4.69, 9.17) is 4.98 Å². The van der Waals surface area contributed by atoms with Crippen molar-refractivity contribution in [3.05, 3.63) is 53.7 Å². The van der Waals surface area contributed by atoms with Crippen molar-refractivity contribution in [1.82, 2.24) is 29.2 Å². The molecule has 6 rings (SSSR count). The second-order valence-electron chi connectivity index (χ2n) is 9.64. The molecule has 1 fully saturated rings. The summed E-state index contributed by atoms with van der Waals surface area (Å²) < 4.78 is 32.1. The number of aromatic nitrogens is 5. The first kappa shape index (κ1) is 21.9. The van der Waals surface area contributed by atoms with Gasteiger partial charge in [-0.1, -0.05) is 18.6 Å². The number of hydrogen-bond donors (Lipinski definition) is 0. The van der Waals surface area contributed by atoms with E-state index in [0.29, 0.717) is 28.9 Å². The fraction of sp³-hybridized carbons (Fsp3) is 0.385. The van der Waals surface area contributed by atoms with Crippen LogP contribution in [0.4, 0.5) is 8.78 Å². The van der Waals surface area contributed by atoms with Gasteiger partial charge in [0.05, 0.1) is 35.3 Å². The van der Waals surface area contributed by atoms with Gasteiger partial charge in [-0.2, -0.15) is 5.10 Å². The van der Waals surface area contributed by atoms with Gasteiger partial charge in [0.25, 0.3) is 6.43 Å². The molecule has 1 aromatic carbocycles. The summed E-state index contributed by atoms with van der Waals surface area (Å²) in [6, 6.07) is 6.83. The molecule has 1 saturated carbocycles. The number of alkyl halides is 2. The van der Waals surface area contributed by atoms with Gasteiger partial charge in [0, 0.05) is 48.3 Å². The third-order valence-corrected chi connectivity index (χ3v) is 7.37. The van der Waals surface area contributed by atoms with Crippen LogP contribution in [0.5, 0.6) is 0 Å². The summed E-state index contributed by atoms with van der Waals surface area (Å²) in [6.07, 6.45) is 3.79. The third-order valence-electron chi connectivity index (χ3n) is 7.37. The number of carbonyl (C=O) groups is 1. The van der Waals surface area contributed by atoms with Crippen molar-refractivity contribution in [3.8, 4) is 22.5 Å². The molecule has 0 spiro atoms. The van der Waals surface area contributed by atoms with Gasteiger partial charge in [-0.25, -0.2) is 18.7 Å². The number of aryl methyl sites for hydroxylation is 1. The summed E-state index contributed by atoms with van der Waals surface area (Å²) in [5, 5.41) is 4.76. The van der Waals surface area contributed by atoms with E-state index in [2.05, 4.69) is 14.6 Å². The van der Waals surface area contributed by atoms with Gasteiger partial charge in [0.2, 0.25) is 5.91 Å². The SMILES string of the molecule is C[C@@H]1C(=O)N(C)Cc2c(-c3cccc4nc(-c5cnn(C)c5)c(C(F)F)cc34)nc(C3CCC3)n21. The first-order valence-corrected chi connectivity index (χ1v) is 11.9. The number of nitrogens with zero attached hydrogens (tertiary/aromatic N) is 6. The number of pyridine rings is 1. The molecule has 1 atom stereocenters. The highest BCUT2D eigenvalue weighted by Crippen LogP contribution is 2.43. The lowest BCUT2D eigenvalue weighted by Gasteiger charge is -2.33. The Labute approximate surface area is 201 Å². The average Bonchev–Trinajstić information content (AvgIpc) is 3.39. The Morgan fingerprint density at radius 2 is 1.91 bits per heavy atom. The first-order valence-electron chi connectivity index (χ1n) is 11.9. The fourth-order valence-electron chi connectivity index (χ4n) is 5.33. The van der Waals surface area contributed by atoms with Gasteiger partial charge in [0.15, 0.2) is 0 Å². The second-order valence-corrected chi connectivity index (χ2v) is 9.64. The van der Waals surface area contributed by atoms with Crippen molar-refractivity contribution >= 4 is 16.8 Å². The lowest BCUT2D eigenvalue weighted by atomic mass is 9.84. The standard InChI is InChI=1S/C26H26F2N6O/c1-14-26(35)32(2)13-21-23(31-25(34(14)21)15-6-4-7-15)17-8-5-9-20-18(17)10-19(24(27)28)22(30-20)16-11-29-33(3)12-16/h5,8-12,14-15,24H,4,6-7,13H2,1-3H3/t14-/m1/s1. The van der Waals surface area contributed by atoms with Crippen LogP contribution < -0.4 is 0 Å². The van der Waals surface area contributed by atoms with Crippen molar-refractivity contribution in [2.45, 2.75) is 51.1 Å². The second kappa shape index (κ2) is 7.96. The molecule has 180 valence electrons. The zero-order valence-corrected chi connectivity index (χ0v) is 19.9. The van der Waals surface area contributed by atoms with Gasteiger partial charge >= 0.3 is 0 Å². The Morgan fingerprint density at radius 1 is 1.11 bits per heavy atom. The van der Waals surface area contributed by atoms with E-state index in [1.165, 1.54) is 0 Å². The van der Waals surface area contributed by atoms with E-state index in [-0.39, 0.29) is 23.2 Å². The molecule has 4 heterocycles. The van der Waals surface area contributed by atoms with Gasteiger partial charge in [0.1, 0.15) is 11.9 Å². The quantitative estimate of drug-likeness (QED) is 0.404. The van der Waals surface area contributed by atoms with Crippen LogP contribution in [-0.4, -0.2) is 42.2 Å². The smallest absolute Gasteiger partial charge is 0.265 e. The molecule has 1 aliphatic heterocycles.